The lowest BCUT2D eigenvalue weighted by molar-refractivity contribution is -0.119. The van der Waals surface area contributed by atoms with Gasteiger partial charge in [-0.3, -0.25) is 9.59 Å². The van der Waals surface area contributed by atoms with Crippen LogP contribution in [-0.4, -0.2) is 20.9 Å². The minimum absolute atomic E-state index is 0.345. The standard InChI is InChI=1S/C20H15ClN4O2S/c1-12(18(26)22-15-9-7-14(21)8-10-15)25-20(27)16-11-17(28-19(16)23-24-25)13-5-3-2-4-6-13/h2-12H,1H3,(H,22,26)/t12-/m1/s1. The van der Waals surface area contributed by atoms with Crippen molar-refractivity contribution in [2.45, 2.75) is 13.0 Å². The molecule has 8 heteroatoms. The van der Waals surface area contributed by atoms with Crippen molar-refractivity contribution in [2.75, 3.05) is 5.32 Å². The lowest BCUT2D eigenvalue weighted by atomic mass is 10.2. The quantitative estimate of drug-likeness (QED) is 0.541. The number of nitrogens with one attached hydrogen (secondary N) is 1. The number of thiophene rings is 1. The molecule has 140 valence electrons. The molecule has 2 heterocycles. The van der Waals surface area contributed by atoms with Gasteiger partial charge in [0.05, 0.1) is 5.39 Å². The predicted molar refractivity (Wildman–Crippen MR) is 112 cm³/mol. The molecule has 4 aromatic rings. The topological polar surface area (TPSA) is 76.9 Å². The van der Waals surface area contributed by atoms with Crippen LogP contribution in [0.25, 0.3) is 20.7 Å². The monoisotopic (exact) mass is 410 g/mol. The van der Waals surface area contributed by atoms with Crippen LogP contribution in [0.4, 0.5) is 5.69 Å². The average Bonchev–Trinajstić information content (AvgIpc) is 3.15. The fraction of sp³-hybridized carbons (Fsp3) is 0.100. The third-order valence-electron chi connectivity index (χ3n) is 4.30. The highest BCUT2D eigenvalue weighted by Crippen LogP contribution is 2.30. The van der Waals surface area contributed by atoms with Gasteiger partial charge in [0.1, 0.15) is 6.04 Å². The Balaban J connectivity index is 1.64. The third-order valence-corrected chi connectivity index (χ3v) is 5.62. The summed E-state index contributed by atoms with van der Waals surface area (Å²) in [6.07, 6.45) is 0. The van der Waals surface area contributed by atoms with Crippen LogP contribution in [-0.2, 0) is 4.79 Å². The number of carbonyl (C=O) groups excluding carboxylic acids is 1. The molecule has 0 spiro atoms. The van der Waals surface area contributed by atoms with Crippen LogP contribution in [0.1, 0.15) is 13.0 Å². The zero-order valence-electron chi connectivity index (χ0n) is 14.8. The maximum Gasteiger partial charge on any atom is 0.279 e. The first kappa shape index (κ1) is 18.3. The van der Waals surface area contributed by atoms with Crippen molar-refractivity contribution in [3.63, 3.8) is 0 Å². The number of carbonyl (C=O) groups is 1. The second-order valence-corrected chi connectivity index (χ2v) is 7.67. The first-order valence-electron chi connectivity index (χ1n) is 8.54. The van der Waals surface area contributed by atoms with Gasteiger partial charge < -0.3 is 5.32 Å². The van der Waals surface area contributed by atoms with Gasteiger partial charge in [-0.05, 0) is 42.8 Å². The van der Waals surface area contributed by atoms with Crippen molar-refractivity contribution in [1.29, 1.82) is 0 Å². The minimum Gasteiger partial charge on any atom is -0.324 e. The molecule has 0 aliphatic carbocycles. The summed E-state index contributed by atoms with van der Waals surface area (Å²) >= 11 is 7.25. The summed E-state index contributed by atoms with van der Waals surface area (Å²) in [5.41, 5.74) is 1.25. The van der Waals surface area contributed by atoms with E-state index in [9.17, 15) is 9.59 Å². The Morgan fingerprint density at radius 2 is 1.86 bits per heavy atom. The molecule has 6 nitrogen and oxygen atoms in total. The Morgan fingerprint density at radius 3 is 2.57 bits per heavy atom. The second-order valence-electron chi connectivity index (χ2n) is 6.21. The van der Waals surface area contributed by atoms with Crippen molar-refractivity contribution in [3.05, 3.63) is 76.0 Å². The maximum absolute atomic E-state index is 12.9. The van der Waals surface area contributed by atoms with E-state index in [-0.39, 0.29) is 11.5 Å². The maximum atomic E-state index is 12.9. The van der Waals surface area contributed by atoms with Crippen molar-refractivity contribution in [1.82, 2.24) is 15.0 Å². The van der Waals surface area contributed by atoms with Crippen molar-refractivity contribution in [3.8, 4) is 10.4 Å². The van der Waals surface area contributed by atoms with Gasteiger partial charge in [-0.25, -0.2) is 0 Å². The Kier molecular flexibility index (Phi) is 4.93. The molecule has 0 fully saturated rings. The zero-order chi connectivity index (χ0) is 19.7. The number of fused-ring (bicyclic) bond motifs is 1. The van der Waals surface area contributed by atoms with Crippen LogP contribution in [0.15, 0.2) is 65.5 Å². The lowest BCUT2D eigenvalue weighted by Crippen LogP contribution is -2.33. The van der Waals surface area contributed by atoms with E-state index in [0.29, 0.717) is 20.9 Å². The normalized spacial score (nSPS) is 12.1. The van der Waals surface area contributed by atoms with Crippen LogP contribution in [0, 0.1) is 0 Å². The summed E-state index contributed by atoms with van der Waals surface area (Å²) in [4.78, 5) is 26.9. The summed E-state index contributed by atoms with van der Waals surface area (Å²) < 4.78 is 1.11. The fourth-order valence-corrected chi connectivity index (χ4v) is 3.85. The van der Waals surface area contributed by atoms with E-state index in [0.717, 1.165) is 15.1 Å². The molecule has 4 rings (SSSR count). The Hall–Kier alpha value is -3.03. The number of hydrogen-bond donors (Lipinski definition) is 1. The van der Waals surface area contributed by atoms with Gasteiger partial charge in [0, 0.05) is 15.6 Å². The third kappa shape index (κ3) is 3.54. The molecular weight excluding hydrogens is 396 g/mol. The first-order valence-corrected chi connectivity index (χ1v) is 9.73. The highest BCUT2D eigenvalue weighted by molar-refractivity contribution is 7.21. The van der Waals surface area contributed by atoms with Crippen LogP contribution in [0.2, 0.25) is 5.02 Å². The zero-order valence-corrected chi connectivity index (χ0v) is 16.4. The van der Waals surface area contributed by atoms with Gasteiger partial charge >= 0.3 is 0 Å². The van der Waals surface area contributed by atoms with E-state index in [1.54, 1.807) is 37.3 Å². The van der Waals surface area contributed by atoms with E-state index < -0.39 is 6.04 Å². The van der Waals surface area contributed by atoms with E-state index in [4.69, 9.17) is 11.6 Å². The van der Waals surface area contributed by atoms with E-state index in [1.807, 2.05) is 30.3 Å². The fourth-order valence-electron chi connectivity index (χ4n) is 2.75. The molecule has 2 aromatic carbocycles. The predicted octanol–water partition coefficient (Wildman–Crippen LogP) is 4.37. The van der Waals surface area contributed by atoms with Crippen LogP contribution < -0.4 is 10.9 Å². The van der Waals surface area contributed by atoms with Gasteiger partial charge in [0.15, 0.2) is 4.83 Å². The van der Waals surface area contributed by atoms with Gasteiger partial charge in [0.25, 0.3) is 5.56 Å². The SMILES string of the molecule is C[C@H](C(=O)Nc1ccc(Cl)cc1)n1nnc2sc(-c3ccccc3)cc2c1=O. The number of hydrogen-bond acceptors (Lipinski definition) is 5. The molecular formula is C20H15ClN4O2S. The summed E-state index contributed by atoms with van der Waals surface area (Å²) in [6, 6.07) is 17.5. The number of benzene rings is 2. The Labute approximate surface area is 169 Å². The minimum atomic E-state index is -0.819. The average molecular weight is 411 g/mol. The number of rotatable bonds is 4. The molecule has 0 bridgehead atoms. The first-order chi connectivity index (χ1) is 13.5. The Morgan fingerprint density at radius 1 is 1.14 bits per heavy atom. The lowest BCUT2D eigenvalue weighted by Gasteiger charge is -2.13. The Bertz CT molecular complexity index is 1200. The molecule has 0 radical (unpaired) electrons. The number of anilines is 1. The molecule has 0 saturated carbocycles. The highest BCUT2D eigenvalue weighted by Gasteiger charge is 2.20. The van der Waals surface area contributed by atoms with Gasteiger partial charge in [-0.15, -0.1) is 16.4 Å². The molecule has 0 unspecified atom stereocenters. The number of amides is 1. The molecule has 1 N–H and O–H groups in total. The van der Waals surface area contributed by atoms with Crippen LogP contribution >= 0.6 is 22.9 Å². The molecule has 2 aromatic heterocycles. The van der Waals surface area contributed by atoms with Crippen LogP contribution in [0.3, 0.4) is 0 Å². The van der Waals surface area contributed by atoms with Crippen molar-refractivity contribution >= 4 is 44.7 Å². The molecule has 28 heavy (non-hydrogen) atoms. The number of aromatic nitrogens is 3. The number of halogens is 1. The van der Waals surface area contributed by atoms with Crippen molar-refractivity contribution in [2.24, 2.45) is 0 Å². The summed E-state index contributed by atoms with van der Waals surface area (Å²) in [7, 11) is 0. The summed E-state index contributed by atoms with van der Waals surface area (Å²) in [5.74, 6) is -0.364. The van der Waals surface area contributed by atoms with E-state index >= 15 is 0 Å². The molecule has 1 amide bonds. The number of nitrogens with zero attached hydrogens (tertiary/aromatic N) is 3. The highest BCUT2D eigenvalue weighted by atomic mass is 35.5. The van der Waals surface area contributed by atoms with Gasteiger partial charge in [-0.1, -0.05) is 47.1 Å². The summed E-state index contributed by atoms with van der Waals surface area (Å²) in [5, 5.41) is 11.9. The van der Waals surface area contributed by atoms with Crippen molar-refractivity contribution < 1.29 is 4.79 Å². The molecule has 1 atom stereocenters. The molecule has 0 aliphatic heterocycles. The second kappa shape index (κ2) is 7.53. The summed E-state index contributed by atoms with van der Waals surface area (Å²) in [6.45, 7) is 1.61. The van der Waals surface area contributed by atoms with Gasteiger partial charge in [-0.2, -0.15) is 4.68 Å². The largest absolute Gasteiger partial charge is 0.324 e. The van der Waals surface area contributed by atoms with Gasteiger partial charge in [0.2, 0.25) is 5.91 Å². The van der Waals surface area contributed by atoms with E-state index in [1.165, 1.54) is 11.3 Å². The van der Waals surface area contributed by atoms with E-state index in [2.05, 4.69) is 15.6 Å². The van der Waals surface area contributed by atoms with Crippen LogP contribution in [0.5, 0.6) is 0 Å². The molecule has 0 saturated heterocycles. The smallest absolute Gasteiger partial charge is 0.279 e. The molecule has 0 aliphatic rings.